The standard InChI is InChI=1S/C40H51ClFN9O3/c1-48(28-8-6-27(7-9-28)45-40-43-22-32(41)37(47-40)31-21-44-49(2)35(31)18-24-4-5-24)14-3-15-50-16-12-25(13-17-50)29-19-26-23-51(39(54)30(26)20-33(29)42)34-10-11-36(52)46-38(34)53/h19-22,24-25,27-28,34H,3-18,23H2,1-2H3,(H,43,45,47)(H,46,52,53)/t27-,28-,34?. The van der Waals surface area contributed by atoms with Gasteiger partial charge in [-0.2, -0.15) is 5.10 Å². The highest BCUT2D eigenvalue weighted by molar-refractivity contribution is 6.33. The maximum Gasteiger partial charge on any atom is 0.255 e. The number of aryl methyl sites for hydroxylation is 1. The second-order valence-electron chi connectivity index (χ2n) is 16.2. The average Bonchev–Trinajstić information content (AvgIpc) is 3.85. The number of amides is 3. The van der Waals surface area contributed by atoms with Gasteiger partial charge in [0.1, 0.15) is 11.9 Å². The van der Waals surface area contributed by atoms with Crippen LogP contribution in [0.2, 0.25) is 5.02 Å². The third-order valence-electron chi connectivity index (χ3n) is 12.5. The molecule has 2 saturated carbocycles. The number of fused-ring (bicyclic) bond motifs is 1. The summed E-state index contributed by atoms with van der Waals surface area (Å²) in [5.74, 6) is 0.00560. The van der Waals surface area contributed by atoms with E-state index in [1.165, 1.54) is 29.5 Å². The van der Waals surface area contributed by atoms with E-state index >= 15 is 4.39 Å². The molecule has 3 aliphatic heterocycles. The molecule has 3 aromatic rings. The topological polar surface area (TPSA) is 129 Å². The number of halogens is 2. The normalized spacial score (nSPS) is 24.0. The lowest BCUT2D eigenvalue weighted by Crippen LogP contribution is -2.52. The molecule has 8 rings (SSSR count). The van der Waals surface area contributed by atoms with Crippen molar-refractivity contribution < 1.29 is 18.8 Å². The molecule has 12 nitrogen and oxygen atoms in total. The smallest absolute Gasteiger partial charge is 0.255 e. The van der Waals surface area contributed by atoms with Crippen molar-refractivity contribution in [2.24, 2.45) is 13.0 Å². The van der Waals surface area contributed by atoms with Crippen LogP contribution in [0.3, 0.4) is 0 Å². The van der Waals surface area contributed by atoms with Gasteiger partial charge in [-0.15, -0.1) is 0 Å². The van der Waals surface area contributed by atoms with E-state index in [9.17, 15) is 14.4 Å². The fourth-order valence-electron chi connectivity index (χ4n) is 9.08. The number of hydrogen-bond acceptors (Lipinski definition) is 9. The van der Waals surface area contributed by atoms with Gasteiger partial charge >= 0.3 is 0 Å². The van der Waals surface area contributed by atoms with Crippen molar-refractivity contribution in [3.8, 4) is 11.3 Å². The number of hydrogen-bond donors (Lipinski definition) is 2. The van der Waals surface area contributed by atoms with Crippen molar-refractivity contribution >= 4 is 35.3 Å². The van der Waals surface area contributed by atoms with E-state index in [0.29, 0.717) is 40.6 Å². The lowest BCUT2D eigenvalue weighted by atomic mass is 9.87. The lowest BCUT2D eigenvalue weighted by Gasteiger charge is -2.36. The van der Waals surface area contributed by atoms with E-state index in [4.69, 9.17) is 16.6 Å². The van der Waals surface area contributed by atoms with Crippen LogP contribution in [0.5, 0.6) is 0 Å². The molecule has 1 aromatic carbocycles. The summed E-state index contributed by atoms with van der Waals surface area (Å²) in [7, 11) is 4.23. The van der Waals surface area contributed by atoms with Gasteiger partial charge in [0.15, 0.2) is 0 Å². The van der Waals surface area contributed by atoms with Crippen LogP contribution in [0.25, 0.3) is 11.3 Å². The molecular formula is C40H51ClFN9O3. The van der Waals surface area contributed by atoms with Crippen LogP contribution >= 0.6 is 11.6 Å². The Hall–Kier alpha value is -3.94. The summed E-state index contributed by atoms with van der Waals surface area (Å²) in [5.41, 5.74) is 4.71. The number of carbonyl (C=O) groups excluding carboxylic acids is 3. The molecule has 2 aromatic heterocycles. The molecule has 5 aliphatic rings. The second kappa shape index (κ2) is 15.7. The van der Waals surface area contributed by atoms with Crippen molar-refractivity contribution in [3.63, 3.8) is 0 Å². The van der Waals surface area contributed by atoms with Crippen molar-refractivity contribution in [2.45, 2.75) is 108 Å². The first kappa shape index (κ1) is 37.0. The first-order chi connectivity index (χ1) is 26.1. The molecule has 2 saturated heterocycles. The molecule has 0 radical (unpaired) electrons. The van der Waals surface area contributed by atoms with Gasteiger partial charge in [0.2, 0.25) is 17.8 Å². The molecule has 4 fully saturated rings. The minimum Gasteiger partial charge on any atom is -0.351 e. The maximum atomic E-state index is 15.4. The van der Waals surface area contributed by atoms with Crippen LogP contribution in [0.4, 0.5) is 10.3 Å². The van der Waals surface area contributed by atoms with E-state index < -0.39 is 11.9 Å². The molecule has 288 valence electrons. The predicted molar refractivity (Wildman–Crippen MR) is 203 cm³/mol. The molecule has 2 aliphatic carbocycles. The number of imide groups is 1. The second-order valence-corrected chi connectivity index (χ2v) is 16.6. The zero-order valence-corrected chi connectivity index (χ0v) is 32.1. The van der Waals surface area contributed by atoms with E-state index in [1.54, 1.807) is 6.20 Å². The highest BCUT2D eigenvalue weighted by Crippen LogP contribution is 2.38. The van der Waals surface area contributed by atoms with Gasteiger partial charge in [-0.05, 0) is 133 Å². The summed E-state index contributed by atoms with van der Waals surface area (Å²) in [4.78, 5) is 53.0. The molecule has 1 unspecified atom stereocenters. The lowest BCUT2D eigenvalue weighted by molar-refractivity contribution is -0.136. The van der Waals surface area contributed by atoms with E-state index in [-0.39, 0.29) is 36.5 Å². The number of nitrogens with one attached hydrogen (secondary N) is 2. The number of aromatic nitrogens is 4. The first-order valence-electron chi connectivity index (χ1n) is 19.8. The number of piperidine rings is 2. The van der Waals surface area contributed by atoms with Gasteiger partial charge in [0.25, 0.3) is 5.91 Å². The van der Waals surface area contributed by atoms with E-state index in [2.05, 4.69) is 37.6 Å². The van der Waals surface area contributed by atoms with Crippen LogP contribution in [-0.4, -0.2) is 104 Å². The van der Waals surface area contributed by atoms with Gasteiger partial charge in [0.05, 0.1) is 23.1 Å². The van der Waals surface area contributed by atoms with Crippen molar-refractivity contribution in [1.82, 2.24) is 39.8 Å². The Morgan fingerprint density at radius 1 is 1.00 bits per heavy atom. The third kappa shape index (κ3) is 7.90. The molecule has 0 bridgehead atoms. The van der Waals surface area contributed by atoms with E-state index in [0.717, 1.165) is 100 Å². The molecule has 1 atom stereocenters. The van der Waals surface area contributed by atoms with Gasteiger partial charge in [-0.3, -0.25) is 24.4 Å². The Kier molecular flexibility index (Phi) is 10.7. The number of likely N-dealkylation sites (tertiary alicyclic amines) is 1. The Bertz CT molecular complexity index is 1900. The molecule has 3 amide bonds. The minimum atomic E-state index is -0.698. The van der Waals surface area contributed by atoms with Crippen LogP contribution in [0.15, 0.2) is 24.5 Å². The number of carbonyl (C=O) groups is 3. The van der Waals surface area contributed by atoms with Crippen molar-refractivity contribution in [2.75, 3.05) is 38.5 Å². The third-order valence-corrected chi connectivity index (χ3v) is 12.8. The summed E-state index contributed by atoms with van der Waals surface area (Å²) in [6.45, 7) is 4.16. The quantitative estimate of drug-likeness (QED) is 0.236. The Labute approximate surface area is 321 Å². The monoisotopic (exact) mass is 759 g/mol. The highest BCUT2D eigenvalue weighted by atomic mass is 35.5. The van der Waals surface area contributed by atoms with Gasteiger partial charge in [0, 0.05) is 48.9 Å². The summed E-state index contributed by atoms with van der Waals surface area (Å²) < 4.78 is 17.4. The van der Waals surface area contributed by atoms with E-state index in [1.807, 2.05) is 24.0 Å². The van der Waals surface area contributed by atoms with Crippen molar-refractivity contribution in [3.05, 3.63) is 57.8 Å². The summed E-state index contributed by atoms with van der Waals surface area (Å²) in [5, 5.41) is 11.0. The zero-order valence-electron chi connectivity index (χ0n) is 31.3. The van der Waals surface area contributed by atoms with Crippen LogP contribution in [0, 0.1) is 11.7 Å². The SMILES string of the molecule is Cn1ncc(-c2nc(N[C@H]3CC[C@H](N(C)CCCN4CCC(c5cc6c(cc5F)C(=O)N(C5CCC(=O)NC5=O)C6)CC4)CC3)ncc2Cl)c1CC1CC1. The molecule has 0 spiro atoms. The number of nitrogens with zero attached hydrogens (tertiary/aromatic N) is 7. The number of rotatable bonds is 12. The molecular weight excluding hydrogens is 709 g/mol. The summed E-state index contributed by atoms with van der Waals surface area (Å²) in [6, 6.07) is 3.39. The van der Waals surface area contributed by atoms with Crippen molar-refractivity contribution in [1.29, 1.82) is 0 Å². The number of benzene rings is 1. The average molecular weight is 760 g/mol. The molecule has 54 heavy (non-hydrogen) atoms. The zero-order chi connectivity index (χ0) is 37.5. The fraction of sp³-hybridized carbons (Fsp3) is 0.600. The Morgan fingerprint density at radius 2 is 1.78 bits per heavy atom. The first-order valence-corrected chi connectivity index (χ1v) is 20.2. The predicted octanol–water partition coefficient (Wildman–Crippen LogP) is 5.31. The molecule has 2 N–H and O–H groups in total. The van der Waals surface area contributed by atoms with Gasteiger partial charge in [-0.25, -0.2) is 14.4 Å². The van der Waals surface area contributed by atoms with Gasteiger partial charge < -0.3 is 20.0 Å². The van der Waals surface area contributed by atoms with Crippen LogP contribution < -0.4 is 10.6 Å². The Balaban J connectivity index is 0.769. The molecule has 14 heteroatoms. The maximum absolute atomic E-state index is 15.4. The van der Waals surface area contributed by atoms with Crippen LogP contribution in [-0.2, 0) is 29.6 Å². The fourth-order valence-corrected chi connectivity index (χ4v) is 9.28. The number of anilines is 1. The largest absolute Gasteiger partial charge is 0.351 e. The molecule has 5 heterocycles. The minimum absolute atomic E-state index is 0.0998. The summed E-state index contributed by atoms with van der Waals surface area (Å²) >= 11 is 6.60. The van der Waals surface area contributed by atoms with Gasteiger partial charge in [-0.1, -0.05) is 17.7 Å². The summed E-state index contributed by atoms with van der Waals surface area (Å²) in [6.07, 6.45) is 14.8. The Morgan fingerprint density at radius 3 is 2.52 bits per heavy atom. The highest BCUT2D eigenvalue weighted by Gasteiger charge is 2.40. The van der Waals surface area contributed by atoms with Crippen LogP contribution in [0.1, 0.15) is 104 Å².